The summed E-state index contributed by atoms with van der Waals surface area (Å²) >= 11 is 1.72. The first-order valence-electron chi connectivity index (χ1n) is 3.87. The molecule has 4 heteroatoms. The molecule has 1 heterocycles. The van der Waals surface area contributed by atoms with Crippen LogP contribution in [0, 0.1) is 0 Å². The molecule has 1 aliphatic rings. The maximum absolute atomic E-state index is 5.58. The molecule has 0 bridgehead atoms. The van der Waals surface area contributed by atoms with Crippen LogP contribution in [0.1, 0.15) is 26.2 Å². The van der Waals surface area contributed by atoms with Gasteiger partial charge in [-0.2, -0.15) is 3.22 Å². The quantitative estimate of drug-likeness (QED) is 0.446. The summed E-state index contributed by atoms with van der Waals surface area (Å²) in [6.45, 7) is 3.52. The maximum atomic E-state index is 5.58. The number of hydrogen-bond acceptors (Lipinski definition) is 3. The SMILES string of the molecule is CCC1(COOI)CCCO1. The largest absolute Gasteiger partial charge is 0.372 e. The summed E-state index contributed by atoms with van der Waals surface area (Å²) in [5, 5.41) is 0. The van der Waals surface area contributed by atoms with Crippen molar-refractivity contribution < 1.29 is 12.8 Å². The lowest BCUT2D eigenvalue weighted by Crippen LogP contribution is -2.32. The van der Waals surface area contributed by atoms with Gasteiger partial charge in [-0.3, -0.25) is 0 Å². The Labute approximate surface area is 81.0 Å². The molecular formula is C7H13IO3. The topological polar surface area (TPSA) is 27.7 Å². The van der Waals surface area contributed by atoms with Gasteiger partial charge in [-0.25, -0.2) is 4.89 Å². The first-order chi connectivity index (χ1) is 5.33. The monoisotopic (exact) mass is 272 g/mol. The second-order valence-electron chi connectivity index (χ2n) is 2.81. The van der Waals surface area contributed by atoms with Gasteiger partial charge >= 0.3 is 0 Å². The number of ether oxygens (including phenoxy) is 1. The van der Waals surface area contributed by atoms with E-state index in [1.165, 1.54) is 0 Å². The molecule has 0 aromatic heterocycles. The fourth-order valence-electron chi connectivity index (χ4n) is 1.38. The lowest BCUT2D eigenvalue weighted by Gasteiger charge is -2.24. The number of hydrogen-bond donors (Lipinski definition) is 0. The summed E-state index contributed by atoms with van der Waals surface area (Å²) in [5.74, 6) is 0. The Morgan fingerprint density at radius 3 is 2.91 bits per heavy atom. The third-order valence-corrected chi connectivity index (χ3v) is 2.45. The van der Waals surface area contributed by atoms with Crippen molar-refractivity contribution in [1.82, 2.24) is 0 Å². The molecule has 1 saturated heterocycles. The zero-order valence-corrected chi connectivity index (χ0v) is 8.80. The molecule has 0 N–H and O–H groups in total. The molecule has 1 atom stereocenters. The Kier molecular flexibility index (Phi) is 4.05. The van der Waals surface area contributed by atoms with Crippen LogP contribution in [0.15, 0.2) is 0 Å². The average molecular weight is 272 g/mol. The van der Waals surface area contributed by atoms with E-state index in [4.69, 9.17) is 9.62 Å². The highest BCUT2D eigenvalue weighted by Crippen LogP contribution is 2.29. The smallest absolute Gasteiger partial charge is 0.155 e. The first-order valence-corrected chi connectivity index (χ1v) is 4.75. The van der Waals surface area contributed by atoms with Gasteiger partial charge in [0, 0.05) is 6.61 Å². The molecule has 3 nitrogen and oxygen atoms in total. The van der Waals surface area contributed by atoms with Crippen molar-refractivity contribution in [3.8, 4) is 0 Å². The Morgan fingerprint density at radius 2 is 2.45 bits per heavy atom. The molecule has 0 aromatic carbocycles. The van der Waals surface area contributed by atoms with Gasteiger partial charge in [0.25, 0.3) is 0 Å². The standard InChI is InChI=1S/C7H13IO3/c1-2-7(6-10-11-8)4-3-5-9-7/h2-6H2,1H3. The van der Waals surface area contributed by atoms with Crippen LogP contribution < -0.4 is 0 Å². The lowest BCUT2D eigenvalue weighted by molar-refractivity contribution is -0.213. The third kappa shape index (κ3) is 2.54. The molecule has 0 amide bonds. The summed E-state index contributed by atoms with van der Waals surface area (Å²) in [7, 11) is 0. The van der Waals surface area contributed by atoms with Crippen LogP contribution in [0.4, 0.5) is 0 Å². The lowest BCUT2D eigenvalue weighted by atomic mass is 9.98. The van der Waals surface area contributed by atoms with Crippen molar-refractivity contribution in [2.24, 2.45) is 0 Å². The second kappa shape index (κ2) is 4.59. The average Bonchev–Trinajstić information content (AvgIpc) is 2.50. The molecule has 0 spiro atoms. The van der Waals surface area contributed by atoms with Crippen molar-refractivity contribution >= 4 is 23.0 Å². The fraction of sp³-hybridized carbons (Fsp3) is 1.00. The molecule has 0 radical (unpaired) electrons. The number of rotatable bonds is 4. The van der Waals surface area contributed by atoms with Crippen LogP contribution in [0.25, 0.3) is 0 Å². The van der Waals surface area contributed by atoms with E-state index in [0.717, 1.165) is 25.9 Å². The molecule has 0 aliphatic carbocycles. The van der Waals surface area contributed by atoms with Gasteiger partial charge in [0.15, 0.2) is 23.0 Å². The minimum Gasteiger partial charge on any atom is -0.372 e. The first kappa shape index (κ1) is 9.70. The van der Waals surface area contributed by atoms with Gasteiger partial charge in [-0.1, -0.05) is 6.92 Å². The summed E-state index contributed by atoms with van der Waals surface area (Å²) < 4.78 is 10.1. The van der Waals surface area contributed by atoms with Gasteiger partial charge in [-0.15, -0.1) is 0 Å². The highest BCUT2D eigenvalue weighted by atomic mass is 127. The zero-order chi connectivity index (χ0) is 8.16. The Bertz CT molecular complexity index is 112. The minimum atomic E-state index is -0.0643. The Hall–Kier alpha value is 0.610. The van der Waals surface area contributed by atoms with Gasteiger partial charge in [-0.05, 0) is 19.3 Å². The van der Waals surface area contributed by atoms with Crippen LogP contribution in [0.2, 0.25) is 0 Å². The molecule has 11 heavy (non-hydrogen) atoms. The summed E-state index contributed by atoms with van der Waals surface area (Å²) in [6.07, 6.45) is 3.22. The van der Waals surface area contributed by atoms with Crippen LogP contribution in [0.5, 0.6) is 0 Å². The van der Waals surface area contributed by atoms with Crippen molar-refractivity contribution in [3.05, 3.63) is 0 Å². The van der Waals surface area contributed by atoms with Crippen molar-refractivity contribution in [3.63, 3.8) is 0 Å². The maximum Gasteiger partial charge on any atom is 0.155 e. The predicted molar refractivity (Wildman–Crippen MR) is 49.3 cm³/mol. The molecule has 66 valence electrons. The van der Waals surface area contributed by atoms with Crippen LogP contribution in [-0.4, -0.2) is 18.8 Å². The normalized spacial score (nSPS) is 31.1. The summed E-state index contributed by atoms with van der Waals surface area (Å²) in [6, 6.07) is 0. The Balaban J connectivity index is 2.33. The Morgan fingerprint density at radius 1 is 1.64 bits per heavy atom. The van der Waals surface area contributed by atoms with E-state index in [-0.39, 0.29) is 5.60 Å². The second-order valence-corrected chi connectivity index (χ2v) is 3.17. The van der Waals surface area contributed by atoms with E-state index in [1.807, 2.05) is 0 Å². The minimum absolute atomic E-state index is 0.0643. The third-order valence-electron chi connectivity index (χ3n) is 2.20. The van der Waals surface area contributed by atoms with Gasteiger partial charge < -0.3 is 4.74 Å². The van der Waals surface area contributed by atoms with E-state index in [0.29, 0.717) is 6.61 Å². The van der Waals surface area contributed by atoms with E-state index in [2.05, 4.69) is 10.1 Å². The molecule has 0 saturated carbocycles. The molecule has 1 aliphatic heterocycles. The van der Waals surface area contributed by atoms with Crippen molar-refractivity contribution in [2.75, 3.05) is 13.2 Å². The van der Waals surface area contributed by atoms with Crippen LogP contribution in [-0.2, 0) is 12.8 Å². The van der Waals surface area contributed by atoms with Crippen molar-refractivity contribution in [2.45, 2.75) is 31.8 Å². The molecular weight excluding hydrogens is 259 g/mol. The van der Waals surface area contributed by atoms with Crippen LogP contribution >= 0.6 is 23.0 Å². The van der Waals surface area contributed by atoms with E-state index < -0.39 is 0 Å². The van der Waals surface area contributed by atoms with Gasteiger partial charge in [0.2, 0.25) is 0 Å². The highest BCUT2D eigenvalue weighted by Gasteiger charge is 2.33. The summed E-state index contributed by atoms with van der Waals surface area (Å²) in [4.78, 5) is 4.87. The van der Waals surface area contributed by atoms with Crippen molar-refractivity contribution in [1.29, 1.82) is 0 Å². The molecule has 0 aromatic rings. The van der Waals surface area contributed by atoms with E-state index >= 15 is 0 Å². The summed E-state index contributed by atoms with van der Waals surface area (Å²) in [5.41, 5.74) is -0.0643. The van der Waals surface area contributed by atoms with E-state index in [9.17, 15) is 0 Å². The zero-order valence-electron chi connectivity index (χ0n) is 6.64. The fourth-order valence-corrected chi connectivity index (χ4v) is 1.51. The molecule has 1 rings (SSSR count). The van der Waals surface area contributed by atoms with Crippen LogP contribution in [0.3, 0.4) is 0 Å². The van der Waals surface area contributed by atoms with E-state index in [1.54, 1.807) is 23.0 Å². The molecule has 1 unspecified atom stereocenters. The number of halogens is 1. The molecule has 1 fully saturated rings. The van der Waals surface area contributed by atoms with Gasteiger partial charge in [0.05, 0.1) is 5.60 Å². The van der Waals surface area contributed by atoms with Gasteiger partial charge in [0.1, 0.15) is 6.61 Å². The predicted octanol–water partition coefficient (Wildman–Crippen LogP) is 2.24. The highest BCUT2D eigenvalue weighted by molar-refractivity contribution is 14.1.